The Morgan fingerprint density at radius 3 is 2.66 bits per heavy atom. The number of aliphatic hydroxyl groups excluding tert-OH is 1. The first kappa shape index (κ1) is 20.3. The minimum atomic E-state index is -0.489. The summed E-state index contributed by atoms with van der Waals surface area (Å²) < 4.78 is 13.5. The summed E-state index contributed by atoms with van der Waals surface area (Å²) in [7, 11) is 0. The van der Waals surface area contributed by atoms with Crippen LogP contribution in [0.15, 0.2) is 52.9 Å². The average molecular weight is 430 g/mol. The minimum absolute atomic E-state index is 0.00750. The summed E-state index contributed by atoms with van der Waals surface area (Å²) in [5.41, 5.74) is 9.50. The highest BCUT2D eigenvalue weighted by Crippen LogP contribution is 2.39. The monoisotopic (exact) mass is 429 g/mol. The molecule has 0 aliphatic carbocycles. The van der Waals surface area contributed by atoms with Crippen molar-refractivity contribution in [2.45, 2.75) is 42.8 Å². The molecule has 3 aromatic rings. The van der Waals surface area contributed by atoms with Crippen molar-refractivity contribution in [1.29, 1.82) is 0 Å². The lowest BCUT2D eigenvalue weighted by Gasteiger charge is -2.36. The molecule has 2 aromatic carbocycles. The maximum Gasteiger partial charge on any atom is 0.184 e. The molecule has 29 heavy (non-hydrogen) atoms. The first-order valence-corrected chi connectivity index (χ1v) is 11.2. The van der Waals surface area contributed by atoms with E-state index in [2.05, 4.69) is 10.2 Å². The summed E-state index contributed by atoms with van der Waals surface area (Å²) >= 11 is 3.25. The minimum Gasteiger partial charge on any atom is -0.399 e. The van der Waals surface area contributed by atoms with Gasteiger partial charge in [0.1, 0.15) is 5.01 Å². The summed E-state index contributed by atoms with van der Waals surface area (Å²) in [6, 6.07) is 15.5. The molecule has 1 aliphatic rings. The van der Waals surface area contributed by atoms with E-state index in [1.165, 1.54) is 0 Å². The molecule has 3 atom stereocenters. The van der Waals surface area contributed by atoms with E-state index in [-0.39, 0.29) is 18.8 Å². The van der Waals surface area contributed by atoms with Gasteiger partial charge in [0.25, 0.3) is 0 Å². The molecule has 8 heteroatoms. The number of rotatable bonds is 6. The van der Waals surface area contributed by atoms with Crippen molar-refractivity contribution >= 4 is 28.8 Å². The van der Waals surface area contributed by atoms with E-state index in [1.807, 2.05) is 55.5 Å². The van der Waals surface area contributed by atoms with Gasteiger partial charge in [0.15, 0.2) is 10.6 Å². The van der Waals surface area contributed by atoms with Crippen LogP contribution in [0.4, 0.5) is 5.69 Å². The van der Waals surface area contributed by atoms with Gasteiger partial charge in [0.2, 0.25) is 0 Å². The summed E-state index contributed by atoms with van der Waals surface area (Å²) in [5, 5.41) is 18.5. The Morgan fingerprint density at radius 1 is 1.14 bits per heavy atom. The molecule has 1 aromatic heterocycles. The van der Waals surface area contributed by atoms with Crippen LogP contribution in [0.3, 0.4) is 0 Å². The molecule has 152 valence electrons. The first-order chi connectivity index (χ1) is 14.1. The highest BCUT2D eigenvalue weighted by Gasteiger charge is 2.32. The predicted molar refractivity (Wildman–Crippen MR) is 115 cm³/mol. The van der Waals surface area contributed by atoms with Gasteiger partial charge in [-0.25, -0.2) is 0 Å². The zero-order valence-corrected chi connectivity index (χ0v) is 17.7. The first-order valence-electron chi connectivity index (χ1n) is 9.39. The van der Waals surface area contributed by atoms with Crippen molar-refractivity contribution in [3.63, 3.8) is 0 Å². The molecule has 0 radical (unpaired) electrons. The van der Waals surface area contributed by atoms with Crippen LogP contribution in [0, 0.1) is 6.92 Å². The molecular formula is C21H23N3O3S2. The Labute approximate surface area is 178 Å². The van der Waals surface area contributed by atoms with E-state index in [4.69, 9.17) is 15.2 Å². The number of ether oxygens (including phenoxy) is 2. The lowest BCUT2D eigenvalue weighted by atomic mass is 10.0. The van der Waals surface area contributed by atoms with Crippen molar-refractivity contribution in [3.05, 3.63) is 70.2 Å². The zero-order chi connectivity index (χ0) is 20.2. The van der Waals surface area contributed by atoms with E-state index in [1.54, 1.807) is 23.1 Å². The molecule has 2 heterocycles. The predicted octanol–water partition coefficient (Wildman–Crippen LogP) is 4.26. The molecule has 0 unspecified atom stereocenters. The van der Waals surface area contributed by atoms with Crippen LogP contribution in [0.5, 0.6) is 0 Å². The number of nitrogen functional groups attached to an aromatic ring is 1. The van der Waals surface area contributed by atoms with Crippen LogP contribution in [-0.2, 0) is 16.1 Å². The number of anilines is 1. The van der Waals surface area contributed by atoms with Crippen molar-refractivity contribution < 1.29 is 14.6 Å². The smallest absolute Gasteiger partial charge is 0.184 e. The number of benzene rings is 2. The Kier molecular flexibility index (Phi) is 6.46. The molecule has 0 amide bonds. The van der Waals surface area contributed by atoms with E-state index in [0.717, 1.165) is 38.2 Å². The van der Waals surface area contributed by atoms with Crippen molar-refractivity contribution in [2.75, 3.05) is 11.5 Å². The Bertz CT molecular complexity index is 948. The van der Waals surface area contributed by atoms with Crippen LogP contribution in [-0.4, -0.2) is 27.2 Å². The van der Waals surface area contributed by atoms with Gasteiger partial charge < -0.3 is 20.3 Å². The second kappa shape index (κ2) is 9.23. The molecule has 0 spiro atoms. The maximum absolute atomic E-state index is 9.30. The summed E-state index contributed by atoms with van der Waals surface area (Å²) in [6.45, 7) is 1.98. The van der Waals surface area contributed by atoms with Crippen LogP contribution in [0.2, 0.25) is 0 Å². The maximum atomic E-state index is 9.30. The fraction of sp³-hybridized carbons (Fsp3) is 0.333. The average Bonchev–Trinajstić information content (AvgIpc) is 3.17. The Hall–Kier alpha value is -1.97. The van der Waals surface area contributed by atoms with Gasteiger partial charge in [-0.3, -0.25) is 0 Å². The summed E-state index contributed by atoms with van der Waals surface area (Å²) in [5.74, 6) is 0.766. The molecule has 1 aliphatic heterocycles. The van der Waals surface area contributed by atoms with Crippen molar-refractivity contribution in [3.8, 4) is 0 Å². The normalized spacial score (nSPS) is 21.9. The third kappa shape index (κ3) is 5.15. The van der Waals surface area contributed by atoms with Crippen LogP contribution < -0.4 is 5.73 Å². The zero-order valence-electron chi connectivity index (χ0n) is 16.0. The topological polar surface area (TPSA) is 90.5 Å². The number of aryl methyl sites for hydroxylation is 1. The Balaban J connectivity index is 1.53. The third-order valence-corrected chi connectivity index (χ3v) is 6.80. The molecule has 0 bridgehead atoms. The van der Waals surface area contributed by atoms with Gasteiger partial charge in [-0.05, 0) is 30.2 Å². The Morgan fingerprint density at radius 2 is 1.97 bits per heavy atom. The van der Waals surface area contributed by atoms with Gasteiger partial charge in [-0.1, -0.05) is 59.5 Å². The van der Waals surface area contributed by atoms with Crippen LogP contribution >= 0.6 is 23.1 Å². The summed E-state index contributed by atoms with van der Waals surface area (Å²) in [6.07, 6.45) is 0.135. The number of aliphatic hydroxyl groups is 1. The van der Waals surface area contributed by atoms with Crippen molar-refractivity contribution in [2.24, 2.45) is 0 Å². The number of aromatic nitrogens is 2. The van der Waals surface area contributed by atoms with Crippen LogP contribution in [0.1, 0.15) is 40.5 Å². The van der Waals surface area contributed by atoms with E-state index in [0.29, 0.717) is 5.69 Å². The number of nitrogens with zero attached hydrogens (tertiary/aromatic N) is 2. The molecule has 0 saturated carbocycles. The second-order valence-corrected chi connectivity index (χ2v) is 9.37. The number of nitrogens with two attached hydrogens (primary N) is 1. The molecular weight excluding hydrogens is 406 g/mol. The van der Waals surface area contributed by atoms with Gasteiger partial charge in [-0.15, -0.1) is 10.2 Å². The molecule has 4 rings (SSSR count). The fourth-order valence-electron chi connectivity index (χ4n) is 3.23. The van der Waals surface area contributed by atoms with Gasteiger partial charge in [0, 0.05) is 23.4 Å². The lowest BCUT2D eigenvalue weighted by molar-refractivity contribution is -0.245. The number of hydrogen-bond donors (Lipinski definition) is 2. The standard InChI is InChI=1S/C21H23N3O3S2/c1-13-23-24-21(29-13)28-12-18-10-19(15-7-5-14(11-25)6-8-15)27-20(26-18)16-3-2-4-17(22)9-16/h2-9,18-20,25H,10-12,22H2,1H3/t18-,19+,20+/m1/s1. The largest absolute Gasteiger partial charge is 0.399 e. The van der Waals surface area contributed by atoms with Crippen molar-refractivity contribution in [1.82, 2.24) is 10.2 Å². The molecule has 1 fully saturated rings. The SMILES string of the molecule is Cc1nnc(SC[C@H]2C[C@@H](c3ccc(CO)cc3)O[C@@H](c3cccc(N)c3)O2)s1. The highest BCUT2D eigenvalue weighted by atomic mass is 32.2. The van der Waals surface area contributed by atoms with Gasteiger partial charge in [0.05, 0.1) is 18.8 Å². The second-order valence-electron chi connectivity index (χ2n) is 6.92. The van der Waals surface area contributed by atoms with E-state index >= 15 is 0 Å². The van der Waals surface area contributed by atoms with E-state index in [9.17, 15) is 5.11 Å². The van der Waals surface area contributed by atoms with E-state index < -0.39 is 6.29 Å². The number of hydrogen-bond acceptors (Lipinski definition) is 8. The van der Waals surface area contributed by atoms with Gasteiger partial charge >= 0.3 is 0 Å². The van der Waals surface area contributed by atoms with Crippen LogP contribution in [0.25, 0.3) is 0 Å². The molecule has 3 N–H and O–H groups in total. The molecule has 6 nitrogen and oxygen atoms in total. The third-order valence-electron chi connectivity index (χ3n) is 4.70. The highest BCUT2D eigenvalue weighted by molar-refractivity contribution is 8.01. The fourth-order valence-corrected chi connectivity index (χ4v) is 5.09. The lowest BCUT2D eigenvalue weighted by Crippen LogP contribution is -2.31. The quantitative estimate of drug-likeness (QED) is 0.447. The number of thioether (sulfide) groups is 1. The summed E-state index contributed by atoms with van der Waals surface area (Å²) in [4.78, 5) is 0. The molecule has 1 saturated heterocycles. The van der Waals surface area contributed by atoms with Gasteiger partial charge in [-0.2, -0.15) is 0 Å².